The molecule has 2 amide bonds. The number of piperazine rings is 1. The number of aryl methyl sites for hydroxylation is 1. The molecular formula is C18H25BrN2O3. The first kappa shape index (κ1) is 18.8. The predicted octanol–water partition coefficient (Wildman–Crippen LogP) is 3.84. The van der Waals surface area contributed by atoms with Crippen molar-refractivity contribution >= 4 is 27.9 Å². The summed E-state index contributed by atoms with van der Waals surface area (Å²) in [6, 6.07) is 5.65. The van der Waals surface area contributed by atoms with Gasteiger partial charge in [0.25, 0.3) is 5.91 Å². The zero-order valence-corrected chi connectivity index (χ0v) is 16.5. The first-order valence-corrected chi connectivity index (χ1v) is 8.93. The highest BCUT2D eigenvalue weighted by molar-refractivity contribution is 9.10. The summed E-state index contributed by atoms with van der Waals surface area (Å²) in [5, 5.41) is 0. The number of hydrogen-bond donors (Lipinski definition) is 0. The van der Waals surface area contributed by atoms with E-state index >= 15 is 0 Å². The van der Waals surface area contributed by atoms with Crippen LogP contribution in [0.2, 0.25) is 0 Å². The lowest BCUT2D eigenvalue weighted by Gasteiger charge is -2.40. The monoisotopic (exact) mass is 396 g/mol. The van der Waals surface area contributed by atoms with Crippen molar-refractivity contribution in [2.45, 2.75) is 46.3 Å². The minimum atomic E-state index is -0.513. The molecule has 1 fully saturated rings. The molecule has 1 atom stereocenters. The average Bonchev–Trinajstić information content (AvgIpc) is 2.47. The van der Waals surface area contributed by atoms with Gasteiger partial charge in [-0.25, -0.2) is 4.79 Å². The Bertz CT molecular complexity index is 640. The first-order valence-electron chi connectivity index (χ1n) is 8.13. The largest absolute Gasteiger partial charge is 0.444 e. The number of carbonyl (C=O) groups excluding carboxylic acids is 2. The molecule has 0 aliphatic carbocycles. The number of amides is 2. The highest BCUT2D eigenvalue weighted by atomic mass is 79.9. The number of carbonyl (C=O) groups is 2. The molecule has 5 nitrogen and oxygen atoms in total. The van der Waals surface area contributed by atoms with Gasteiger partial charge in [-0.2, -0.15) is 0 Å². The Hall–Kier alpha value is -1.56. The number of rotatable bonds is 1. The van der Waals surface area contributed by atoms with Crippen LogP contribution in [0.25, 0.3) is 0 Å². The van der Waals surface area contributed by atoms with Gasteiger partial charge in [-0.1, -0.05) is 22.0 Å². The number of halogens is 1. The van der Waals surface area contributed by atoms with E-state index in [9.17, 15) is 9.59 Å². The summed E-state index contributed by atoms with van der Waals surface area (Å²) in [6.45, 7) is 10.9. The fraction of sp³-hybridized carbons (Fsp3) is 0.556. The van der Waals surface area contributed by atoms with E-state index < -0.39 is 5.60 Å². The lowest BCUT2D eigenvalue weighted by atomic mass is 10.1. The summed E-state index contributed by atoms with van der Waals surface area (Å²) in [7, 11) is 0. The molecule has 132 valence electrons. The summed E-state index contributed by atoms with van der Waals surface area (Å²) < 4.78 is 6.30. The fourth-order valence-electron chi connectivity index (χ4n) is 2.73. The van der Waals surface area contributed by atoms with E-state index in [0.29, 0.717) is 25.2 Å². The highest BCUT2D eigenvalue weighted by Gasteiger charge is 2.32. The van der Waals surface area contributed by atoms with Crippen molar-refractivity contribution in [3.8, 4) is 0 Å². The van der Waals surface area contributed by atoms with Crippen molar-refractivity contribution in [2.24, 2.45) is 0 Å². The molecule has 0 aromatic heterocycles. The van der Waals surface area contributed by atoms with E-state index in [1.807, 2.05) is 57.7 Å². The van der Waals surface area contributed by atoms with Crippen molar-refractivity contribution < 1.29 is 14.3 Å². The second-order valence-electron chi connectivity index (χ2n) is 7.23. The van der Waals surface area contributed by atoms with Gasteiger partial charge >= 0.3 is 6.09 Å². The Labute approximate surface area is 152 Å². The molecule has 0 bridgehead atoms. The first-order chi connectivity index (χ1) is 11.1. The van der Waals surface area contributed by atoms with Crippen LogP contribution in [0.15, 0.2) is 22.7 Å². The van der Waals surface area contributed by atoms with Crippen LogP contribution in [-0.2, 0) is 4.74 Å². The number of benzene rings is 1. The molecule has 0 unspecified atom stereocenters. The molecule has 6 heteroatoms. The lowest BCUT2D eigenvalue weighted by molar-refractivity contribution is 0.00615. The lowest BCUT2D eigenvalue weighted by Crippen LogP contribution is -2.56. The molecule has 1 saturated heterocycles. The van der Waals surface area contributed by atoms with E-state index in [1.165, 1.54) is 0 Å². The van der Waals surface area contributed by atoms with Gasteiger partial charge in [-0.15, -0.1) is 0 Å². The maximum atomic E-state index is 12.9. The maximum absolute atomic E-state index is 12.9. The van der Waals surface area contributed by atoms with E-state index in [4.69, 9.17) is 4.74 Å². The van der Waals surface area contributed by atoms with Crippen LogP contribution >= 0.6 is 15.9 Å². The zero-order valence-electron chi connectivity index (χ0n) is 14.9. The van der Waals surface area contributed by atoms with E-state index in [0.717, 1.165) is 10.0 Å². The van der Waals surface area contributed by atoms with Gasteiger partial charge in [0.15, 0.2) is 0 Å². The minimum Gasteiger partial charge on any atom is -0.444 e. The van der Waals surface area contributed by atoms with Gasteiger partial charge < -0.3 is 14.5 Å². The predicted molar refractivity (Wildman–Crippen MR) is 97.2 cm³/mol. The molecule has 1 aromatic carbocycles. The van der Waals surface area contributed by atoms with Gasteiger partial charge in [0.2, 0.25) is 0 Å². The molecule has 24 heavy (non-hydrogen) atoms. The number of ether oxygens (including phenoxy) is 1. The normalized spacial score (nSPS) is 18.5. The summed E-state index contributed by atoms with van der Waals surface area (Å²) in [6.07, 6.45) is -0.319. The third-order valence-corrected chi connectivity index (χ3v) is 4.46. The van der Waals surface area contributed by atoms with Crippen LogP contribution in [0.4, 0.5) is 4.79 Å². The molecule has 1 aliphatic rings. The SMILES string of the molecule is Cc1ccc(Br)cc1C(=O)N1CCN(C(=O)OC(C)(C)C)C[C@@H]1C. The summed E-state index contributed by atoms with van der Waals surface area (Å²) in [4.78, 5) is 28.6. The number of hydrogen-bond acceptors (Lipinski definition) is 3. The summed E-state index contributed by atoms with van der Waals surface area (Å²) >= 11 is 3.42. The minimum absolute atomic E-state index is 0.00476. The molecule has 1 heterocycles. The quantitative estimate of drug-likeness (QED) is 0.724. The molecule has 0 saturated carbocycles. The fourth-order valence-corrected chi connectivity index (χ4v) is 3.09. The van der Waals surface area contributed by atoms with Crippen molar-refractivity contribution in [3.63, 3.8) is 0 Å². The topological polar surface area (TPSA) is 49.9 Å². The molecule has 0 radical (unpaired) electrons. The second kappa shape index (κ2) is 7.13. The van der Waals surface area contributed by atoms with Crippen LogP contribution < -0.4 is 0 Å². The Balaban J connectivity index is 2.07. The third kappa shape index (κ3) is 4.50. The van der Waals surface area contributed by atoms with Gasteiger partial charge in [0.05, 0.1) is 0 Å². The van der Waals surface area contributed by atoms with Gasteiger partial charge in [-0.05, 0) is 52.3 Å². The highest BCUT2D eigenvalue weighted by Crippen LogP contribution is 2.21. The number of nitrogens with zero attached hydrogens (tertiary/aromatic N) is 2. The van der Waals surface area contributed by atoms with E-state index in [2.05, 4.69) is 15.9 Å². The standard InChI is InChI=1S/C18H25BrN2O3/c1-12-6-7-14(19)10-15(12)16(22)21-9-8-20(11-13(21)2)17(23)24-18(3,4)5/h6-7,10,13H,8-9,11H2,1-5H3/t13-/m0/s1. The van der Waals surface area contributed by atoms with Crippen molar-refractivity contribution in [1.82, 2.24) is 9.80 Å². The van der Waals surface area contributed by atoms with Gasteiger partial charge in [0, 0.05) is 35.7 Å². The Morgan fingerprint density at radius 1 is 1.25 bits per heavy atom. The average molecular weight is 397 g/mol. The molecular weight excluding hydrogens is 372 g/mol. The molecule has 0 spiro atoms. The van der Waals surface area contributed by atoms with Crippen LogP contribution in [-0.4, -0.2) is 53.1 Å². The molecule has 0 N–H and O–H groups in total. The Kier molecular flexibility index (Phi) is 5.58. The van der Waals surface area contributed by atoms with Crippen LogP contribution in [0.3, 0.4) is 0 Å². The smallest absolute Gasteiger partial charge is 0.410 e. The third-order valence-electron chi connectivity index (χ3n) is 3.97. The zero-order chi connectivity index (χ0) is 18.1. The second-order valence-corrected chi connectivity index (χ2v) is 8.15. The van der Waals surface area contributed by atoms with Gasteiger partial charge in [0.1, 0.15) is 5.60 Å². The Morgan fingerprint density at radius 3 is 2.50 bits per heavy atom. The molecule has 2 rings (SSSR count). The molecule has 1 aromatic rings. The van der Waals surface area contributed by atoms with Crippen LogP contribution in [0.1, 0.15) is 43.6 Å². The van der Waals surface area contributed by atoms with E-state index in [1.54, 1.807) is 4.90 Å². The van der Waals surface area contributed by atoms with Crippen molar-refractivity contribution in [1.29, 1.82) is 0 Å². The molecule has 1 aliphatic heterocycles. The van der Waals surface area contributed by atoms with Crippen molar-refractivity contribution in [3.05, 3.63) is 33.8 Å². The van der Waals surface area contributed by atoms with Crippen molar-refractivity contribution in [2.75, 3.05) is 19.6 Å². The Morgan fingerprint density at radius 2 is 1.92 bits per heavy atom. The van der Waals surface area contributed by atoms with Crippen LogP contribution in [0.5, 0.6) is 0 Å². The maximum Gasteiger partial charge on any atom is 0.410 e. The van der Waals surface area contributed by atoms with Crippen LogP contribution in [0, 0.1) is 6.92 Å². The summed E-state index contributed by atoms with van der Waals surface area (Å²) in [5.74, 6) is 0.00476. The van der Waals surface area contributed by atoms with Gasteiger partial charge in [-0.3, -0.25) is 4.79 Å². The van der Waals surface area contributed by atoms with E-state index in [-0.39, 0.29) is 18.0 Å². The summed E-state index contributed by atoms with van der Waals surface area (Å²) in [5.41, 5.74) is 1.13.